The van der Waals surface area contributed by atoms with Gasteiger partial charge in [0, 0.05) is 42.1 Å². The van der Waals surface area contributed by atoms with Crippen molar-refractivity contribution in [3.8, 4) is 0 Å². The number of para-hydroxylation sites is 1. The molecule has 0 saturated heterocycles. The largest absolute Gasteiger partial charge is 0.361 e. The second-order valence-corrected chi connectivity index (χ2v) is 6.90. The number of halogens is 1. The van der Waals surface area contributed by atoms with Gasteiger partial charge in [-0.3, -0.25) is 9.59 Å². The van der Waals surface area contributed by atoms with E-state index in [9.17, 15) is 9.59 Å². The summed E-state index contributed by atoms with van der Waals surface area (Å²) < 4.78 is 0. The summed E-state index contributed by atoms with van der Waals surface area (Å²) in [5.74, 6) is -0.310. The fourth-order valence-corrected chi connectivity index (χ4v) is 3.12. The van der Waals surface area contributed by atoms with Gasteiger partial charge in [-0.2, -0.15) is 0 Å². The number of carbonyl (C=O) groups is 2. The van der Waals surface area contributed by atoms with Crippen molar-refractivity contribution in [3.05, 3.63) is 70.9 Å². The zero-order valence-corrected chi connectivity index (χ0v) is 15.9. The number of carbonyl (C=O) groups excluding carboxylic acids is 2. The maximum atomic E-state index is 12.3. The Kier molecular flexibility index (Phi) is 6.14. The minimum atomic E-state index is -0.168. The molecule has 1 heterocycles. The summed E-state index contributed by atoms with van der Waals surface area (Å²) in [7, 11) is 0. The Hall–Kier alpha value is -2.79. The van der Waals surface area contributed by atoms with Crippen LogP contribution < -0.4 is 5.32 Å². The lowest BCUT2D eigenvalue weighted by Crippen LogP contribution is -2.39. The molecular formula is C21H22ClN3O2. The molecule has 5 nitrogen and oxygen atoms in total. The van der Waals surface area contributed by atoms with Crippen LogP contribution >= 0.6 is 11.6 Å². The number of hydrogen-bond acceptors (Lipinski definition) is 2. The number of nitrogens with zero attached hydrogens (tertiary/aromatic N) is 1. The number of aromatic nitrogens is 1. The highest BCUT2D eigenvalue weighted by Gasteiger charge is 2.14. The molecule has 1 aromatic heterocycles. The molecule has 0 radical (unpaired) electrons. The highest BCUT2D eigenvalue weighted by molar-refractivity contribution is 6.30. The fraction of sp³-hybridized carbons (Fsp3) is 0.238. The van der Waals surface area contributed by atoms with Gasteiger partial charge in [-0.1, -0.05) is 41.9 Å². The van der Waals surface area contributed by atoms with E-state index in [0.29, 0.717) is 18.1 Å². The Balaban J connectivity index is 1.52. The number of rotatable bonds is 7. The van der Waals surface area contributed by atoms with Gasteiger partial charge in [0.05, 0.1) is 6.54 Å². The van der Waals surface area contributed by atoms with Crippen LogP contribution in [-0.2, 0) is 22.6 Å². The number of fused-ring (bicyclic) bond motifs is 1. The van der Waals surface area contributed by atoms with Crippen molar-refractivity contribution in [2.45, 2.75) is 19.9 Å². The molecular weight excluding hydrogens is 362 g/mol. The third-order valence-corrected chi connectivity index (χ3v) is 4.71. The van der Waals surface area contributed by atoms with Crippen LogP contribution in [0.3, 0.4) is 0 Å². The van der Waals surface area contributed by atoms with Crippen molar-refractivity contribution in [3.63, 3.8) is 0 Å². The first-order chi connectivity index (χ1) is 13.0. The lowest BCUT2D eigenvalue weighted by molar-refractivity contribution is -0.134. The molecule has 0 spiro atoms. The summed E-state index contributed by atoms with van der Waals surface area (Å²) in [5.41, 5.74) is 3.18. The van der Waals surface area contributed by atoms with Gasteiger partial charge < -0.3 is 15.2 Å². The molecule has 140 valence electrons. The summed E-state index contributed by atoms with van der Waals surface area (Å²) in [6.45, 7) is 2.40. The van der Waals surface area contributed by atoms with Crippen molar-refractivity contribution >= 4 is 34.3 Å². The van der Waals surface area contributed by atoms with Gasteiger partial charge >= 0.3 is 0 Å². The first kappa shape index (κ1) is 19.0. The number of benzene rings is 2. The zero-order valence-electron chi connectivity index (χ0n) is 15.2. The van der Waals surface area contributed by atoms with Gasteiger partial charge in [0.15, 0.2) is 0 Å². The lowest BCUT2D eigenvalue weighted by Gasteiger charge is -2.20. The molecule has 0 unspecified atom stereocenters. The molecule has 3 aromatic rings. The van der Waals surface area contributed by atoms with Crippen LogP contribution in [0.15, 0.2) is 54.7 Å². The average molecular weight is 384 g/mol. The molecule has 0 fully saturated rings. The van der Waals surface area contributed by atoms with E-state index in [0.717, 1.165) is 23.1 Å². The van der Waals surface area contributed by atoms with Gasteiger partial charge in [-0.05, 0) is 35.7 Å². The molecule has 0 aliphatic rings. The van der Waals surface area contributed by atoms with Crippen molar-refractivity contribution in [2.24, 2.45) is 0 Å². The molecule has 0 aliphatic carbocycles. The number of hydrogen-bond donors (Lipinski definition) is 2. The van der Waals surface area contributed by atoms with Crippen molar-refractivity contribution in [1.29, 1.82) is 0 Å². The Labute approximate surface area is 163 Å². The van der Waals surface area contributed by atoms with Crippen LogP contribution in [0.25, 0.3) is 10.9 Å². The van der Waals surface area contributed by atoms with E-state index < -0.39 is 0 Å². The molecule has 0 aliphatic heterocycles. The highest BCUT2D eigenvalue weighted by Crippen LogP contribution is 2.17. The van der Waals surface area contributed by atoms with Crippen LogP contribution in [0.5, 0.6) is 0 Å². The first-order valence-electron chi connectivity index (χ1n) is 8.84. The van der Waals surface area contributed by atoms with Gasteiger partial charge in [0.2, 0.25) is 11.8 Å². The van der Waals surface area contributed by atoms with E-state index in [2.05, 4.69) is 16.4 Å². The minimum Gasteiger partial charge on any atom is -0.361 e. The van der Waals surface area contributed by atoms with E-state index in [1.807, 2.05) is 36.5 Å². The van der Waals surface area contributed by atoms with Crippen molar-refractivity contribution in [2.75, 3.05) is 13.1 Å². The molecule has 0 atom stereocenters. The summed E-state index contributed by atoms with van der Waals surface area (Å²) in [6.07, 6.45) is 2.70. The molecule has 0 bridgehead atoms. The van der Waals surface area contributed by atoms with Crippen LogP contribution in [-0.4, -0.2) is 34.8 Å². The lowest BCUT2D eigenvalue weighted by atomic mass is 10.1. The quantitative estimate of drug-likeness (QED) is 0.655. The third kappa shape index (κ3) is 5.11. The van der Waals surface area contributed by atoms with Crippen molar-refractivity contribution < 1.29 is 9.59 Å². The molecule has 3 rings (SSSR count). The normalized spacial score (nSPS) is 10.7. The van der Waals surface area contributed by atoms with E-state index >= 15 is 0 Å². The molecule has 2 aromatic carbocycles. The van der Waals surface area contributed by atoms with E-state index in [-0.39, 0.29) is 18.4 Å². The molecule has 2 amide bonds. The Morgan fingerprint density at radius 3 is 2.59 bits per heavy atom. The van der Waals surface area contributed by atoms with Gasteiger partial charge in [0.25, 0.3) is 0 Å². The van der Waals surface area contributed by atoms with Gasteiger partial charge in [0.1, 0.15) is 0 Å². The average Bonchev–Trinajstić information content (AvgIpc) is 3.06. The topological polar surface area (TPSA) is 65.2 Å². The third-order valence-electron chi connectivity index (χ3n) is 4.46. The first-order valence-corrected chi connectivity index (χ1v) is 9.22. The maximum Gasteiger partial charge on any atom is 0.239 e. The minimum absolute atomic E-state index is 0.0336. The van der Waals surface area contributed by atoms with Crippen molar-refractivity contribution in [1.82, 2.24) is 15.2 Å². The SMILES string of the molecule is CC(=O)N(CC(=O)NCCc1c[nH]c2ccccc12)Cc1ccc(Cl)cc1. The molecule has 27 heavy (non-hydrogen) atoms. The Morgan fingerprint density at radius 1 is 1.11 bits per heavy atom. The van der Waals surface area contributed by atoms with Crippen LogP contribution in [0.4, 0.5) is 0 Å². The monoisotopic (exact) mass is 383 g/mol. The van der Waals surface area contributed by atoms with Crippen LogP contribution in [0.2, 0.25) is 5.02 Å². The summed E-state index contributed by atoms with van der Waals surface area (Å²) in [5, 5.41) is 4.71. The summed E-state index contributed by atoms with van der Waals surface area (Å²) in [6, 6.07) is 15.3. The smallest absolute Gasteiger partial charge is 0.239 e. The fourth-order valence-electron chi connectivity index (χ4n) is 2.99. The standard InChI is InChI=1S/C21H22ClN3O2/c1-15(26)25(13-16-6-8-18(22)9-7-16)14-21(27)23-11-10-17-12-24-20-5-3-2-4-19(17)20/h2-9,12,24H,10-11,13-14H2,1H3,(H,23,27). The second-order valence-electron chi connectivity index (χ2n) is 6.46. The number of amides is 2. The number of H-pyrrole nitrogens is 1. The maximum absolute atomic E-state index is 12.3. The number of nitrogens with one attached hydrogen (secondary N) is 2. The zero-order chi connectivity index (χ0) is 19.2. The van der Waals surface area contributed by atoms with E-state index in [1.165, 1.54) is 17.2 Å². The highest BCUT2D eigenvalue weighted by atomic mass is 35.5. The van der Waals surface area contributed by atoms with Crippen LogP contribution in [0, 0.1) is 0 Å². The summed E-state index contributed by atoms with van der Waals surface area (Å²) in [4.78, 5) is 28.9. The van der Waals surface area contributed by atoms with Gasteiger partial charge in [-0.25, -0.2) is 0 Å². The molecule has 6 heteroatoms. The van der Waals surface area contributed by atoms with Crippen LogP contribution in [0.1, 0.15) is 18.1 Å². The predicted molar refractivity (Wildman–Crippen MR) is 108 cm³/mol. The molecule has 2 N–H and O–H groups in total. The van der Waals surface area contributed by atoms with E-state index in [1.54, 1.807) is 12.1 Å². The predicted octanol–water partition coefficient (Wildman–Crippen LogP) is 3.53. The number of aromatic amines is 1. The van der Waals surface area contributed by atoms with Gasteiger partial charge in [-0.15, -0.1) is 0 Å². The Morgan fingerprint density at radius 2 is 1.85 bits per heavy atom. The second kappa shape index (κ2) is 8.73. The van der Waals surface area contributed by atoms with E-state index in [4.69, 9.17) is 11.6 Å². The Bertz CT molecular complexity index is 934. The summed E-state index contributed by atoms with van der Waals surface area (Å²) >= 11 is 5.88. The molecule has 0 saturated carbocycles.